The van der Waals surface area contributed by atoms with Crippen molar-refractivity contribution >= 4 is 22.1 Å². The van der Waals surface area contributed by atoms with Crippen LogP contribution in [0.2, 0.25) is 0 Å². The van der Waals surface area contributed by atoms with E-state index in [-0.39, 0.29) is 18.0 Å². The molecule has 0 bridgehead atoms. The summed E-state index contributed by atoms with van der Waals surface area (Å²) in [5.41, 5.74) is 4.09. The van der Waals surface area contributed by atoms with Crippen LogP contribution in [-0.4, -0.2) is 51.7 Å². The summed E-state index contributed by atoms with van der Waals surface area (Å²) in [6.45, 7) is 3.72. The number of amides is 1. The van der Waals surface area contributed by atoms with Crippen molar-refractivity contribution in [3.05, 3.63) is 103 Å². The van der Waals surface area contributed by atoms with Crippen LogP contribution in [0.1, 0.15) is 11.1 Å². The second-order valence-corrected chi connectivity index (χ2v) is 9.65. The van der Waals surface area contributed by atoms with Crippen molar-refractivity contribution in [1.29, 1.82) is 0 Å². The molecule has 0 saturated heterocycles. The molecule has 1 amide bonds. The van der Waals surface area contributed by atoms with E-state index < -0.39 is 15.9 Å². The smallest absolute Gasteiger partial charge is 0.255 e. The Balaban J connectivity index is 1.71. The Hall–Kier alpha value is -3.95. The molecule has 3 aromatic rings. The molecule has 0 aliphatic carbocycles. The second kappa shape index (κ2) is 13.2. The van der Waals surface area contributed by atoms with Gasteiger partial charge in [-0.3, -0.25) is 4.79 Å². The molecule has 0 spiro atoms. The van der Waals surface area contributed by atoms with E-state index in [9.17, 15) is 13.2 Å². The lowest BCUT2D eigenvalue weighted by atomic mass is 10.1. The highest BCUT2D eigenvalue weighted by Crippen LogP contribution is 2.20. The highest BCUT2D eigenvalue weighted by molar-refractivity contribution is 7.89. The van der Waals surface area contributed by atoms with Gasteiger partial charge in [-0.1, -0.05) is 55.1 Å². The molecule has 0 heterocycles. The molecule has 9 heteroatoms. The van der Waals surface area contributed by atoms with Crippen molar-refractivity contribution in [3.8, 4) is 11.5 Å². The van der Waals surface area contributed by atoms with E-state index in [4.69, 9.17) is 9.47 Å². The molecule has 0 aliphatic rings. The van der Waals surface area contributed by atoms with Gasteiger partial charge < -0.3 is 9.47 Å². The first-order valence-corrected chi connectivity index (χ1v) is 12.7. The van der Waals surface area contributed by atoms with E-state index in [0.29, 0.717) is 30.1 Å². The zero-order valence-corrected chi connectivity index (χ0v) is 20.9. The monoisotopic (exact) mass is 507 g/mol. The number of sulfonamides is 1. The molecule has 0 aliphatic heterocycles. The summed E-state index contributed by atoms with van der Waals surface area (Å²) in [4.78, 5) is 12.7. The molecule has 188 valence electrons. The zero-order valence-electron chi connectivity index (χ0n) is 20.0. The van der Waals surface area contributed by atoms with Gasteiger partial charge in [0, 0.05) is 6.54 Å². The van der Waals surface area contributed by atoms with Gasteiger partial charge in [0.15, 0.2) is 0 Å². The molecule has 0 fully saturated rings. The third-order valence-corrected chi connectivity index (χ3v) is 7.00. The molecule has 3 rings (SSSR count). The van der Waals surface area contributed by atoms with Crippen molar-refractivity contribution in [2.75, 3.05) is 26.8 Å². The summed E-state index contributed by atoms with van der Waals surface area (Å²) in [5.74, 6) is 0.620. The van der Waals surface area contributed by atoms with Gasteiger partial charge in [0.2, 0.25) is 10.0 Å². The number of hydrogen-bond acceptors (Lipinski definition) is 6. The third-order valence-electron chi connectivity index (χ3n) is 5.14. The van der Waals surface area contributed by atoms with Gasteiger partial charge in [0.05, 0.1) is 24.8 Å². The van der Waals surface area contributed by atoms with Crippen LogP contribution in [0.3, 0.4) is 0 Å². The summed E-state index contributed by atoms with van der Waals surface area (Å²) in [6, 6.07) is 22.7. The van der Waals surface area contributed by atoms with Gasteiger partial charge in [0.25, 0.3) is 5.91 Å². The summed E-state index contributed by atoms with van der Waals surface area (Å²) >= 11 is 0. The molecular weight excluding hydrogens is 478 g/mol. The number of ether oxygens (including phenoxy) is 2. The topological polar surface area (TPSA) is 97.3 Å². The fraction of sp³-hybridized carbons (Fsp3) is 0.185. The third kappa shape index (κ3) is 7.79. The van der Waals surface area contributed by atoms with E-state index in [1.54, 1.807) is 42.5 Å². The van der Waals surface area contributed by atoms with Crippen LogP contribution in [0, 0.1) is 0 Å². The Bertz CT molecular complexity index is 1280. The summed E-state index contributed by atoms with van der Waals surface area (Å²) < 4.78 is 38.5. The predicted molar refractivity (Wildman–Crippen MR) is 140 cm³/mol. The maximum atomic E-state index is 13.4. The molecule has 0 saturated carbocycles. The lowest BCUT2D eigenvalue weighted by Gasteiger charge is -2.21. The fourth-order valence-corrected chi connectivity index (χ4v) is 4.69. The van der Waals surface area contributed by atoms with E-state index in [0.717, 1.165) is 9.87 Å². The number of nitrogens with zero attached hydrogens (tertiary/aromatic N) is 2. The standard InChI is InChI=1S/C27H29N3O5S/c1-3-18-35-25-11-7-10-23(19-25)20-28-29-27(31)21-30(17-16-22-8-5-4-6-9-22)36(32,33)26-14-12-24(34-2)13-15-26/h3-15,19-20H,1,16-18,21H2,2H3,(H,29,31)/b28-20-. The van der Waals surface area contributed by atoms with Crippen LogP contribution >= 0.6 is 0 Å². The van der Waals surface area contributed by atoms with Gasteiger partial charge in [0.1, 0.15) is 18.1 Å². The number of carbonyl (C=O) groups is 1. The molecule has 0 radical (unpaired) electrons. The molecule has 36 heavy (non-hydrogen) atoms. The van der Waals surface area contributed by atoms with Crippen LogP contribution in [0.5, 0.6) is 11.5 Å². The number of methoxy groups -OCH3 is 1. The van der Waals surface area contributed by atoms with E-state index in [2.05, 4.69) is 17.1 Å². The first kappa shape index (κ1) is 26.7. The number of carbonyl (C=O) groups excluding carboxylic acids is 1. The molecule has 3 aromatic carbocycles. The SMILES string of the molecule is C=CCOc1cccc(/C=N\NC(=O)CN(CCc2ccccc2)S(=O)(=O)c2ccc(OC)cc2)c1. The van der Waals surface area contributed by atoms with Crippen LogP contribution in [0.4, 0.5) is 0 Å². The van der Waals surface area contributed by atoms with Gasteiger partial charge in [-0.2, -0.15) is 9.41 Å². The average Bonchev–Trinajstić information content (AvgIpc) is 2.90. The van der Waals surface area contributed by atoms with Crippen LogP contribution in [-0.2, 0) is 21.2 Å². The minimum Gasteiger partial charge on any atom is -0.497 e. The highest BCUT2D eigenvalue weighted by atomic mass is 32.2. The summed E-state index contributed by atoms with van der Waals surface area (Å²) in [6.07, 6.45) is 3.56. The molecular formula is C27H29N3O5S. The Morgan fingerprint density at radius 1 is 1.03 bits per heavy atom. The number of hydrogen-bond donors (Lipinski definition) is 1. The number of benzene rings is 3. The molecule has 0 unspecified atom stereocenters. The number of rotatable bonds is 13. The van der Waals surface area contributed by atoms with Crippen molar-refractivity contribution in [3.63, 3.8) is 0 Å². The lowest BCUT2D eigenvalue weighted by Crippen LogP contribution is -2.40. The van der Waals surface area contributed by atoms with E-state index >= 15 is 0 Å². The maximum Gasteiger partial charge on any atom is 0.255 e. The second-order valence-electron chi connectivity index (χ2n) is 7.72. The Morgan fingerprint density at radius 2 is 1.78 bits per heavy atom. The minimum absolute atomic E-state index is 0.0732. The van der Waals surface area contributed by atoms with E-state index in [1.165, 1.54) is 25.5 Å². The Morgan fingerprint density at radius 3 is 2.47 bits per heavy atom. The quantitative estimate of drug-likeness (QED) is 0.216. The van der Waals surface area contributed by atoms with Crippen molar-refractivity contribution in [2.45, 2.75) is 11.3 Å². The Kier molecular flexibility index (Phi) is 9.79. The van der Waals surface area contributed by atoms with Crippen molar-refractivity contribution in [1.82, 2.24) is 9.73 Å². The predicted octanol–water partition coefficient (Wildman–Crippen LogP) is 3.64. The lowest BCUT2D eigenvalue weighted by molar-refractivity contribution is -0.121. The van der Waals surface area contributed by atoms with Crippen molar-refractivity contribution in [2.24, 2.45) is 5.10 Å². The normalized spacial score (nSPS) is 11.4. The van der Waals surface area contributed by atoms with Crippen LogP contribution in [0.15, 0.2) is 102 Å². The fourth-order valence-electron chi connectivity index (χ4n) is 3.29. The summed E-state index contributed by atoms with van der Waals surface area (Å²) in [5, 5.41) is 3.97. The first-order chi connectivity index (χ1) is 17.4. The van der Waals surface area contributed by atoms with Gasteiger partial charge in [-0.25, -0.2) is 13.8 Å². The van der Waals surface area contributed by atoms with Crippen molar-refractivity contribution < 1.29 is 22.7 Å². The molecule has 1 N–H and O–H groups in total. The minimum atomic E-state index is -3.94. The van der Waals surface area contributed by atoms with Gasteiger partial charge in [-0.05, 0) is 53.9 Å². The highest BCUT2D eigenvalue weighted by Gasteiger charge is 2.26. The maximum absolute atomic E-state index is 13.4. The van der Waals surface area contributed by atoms with Crippen LogP contribution in [0.25, 0.3) is 0 Å². The van der Waals surface area contributed by atoms with Crippen LogP contribution < -0.4 is 14.9 Å². The van der Waals surface area contributed by atoms with Gasteiger partial charge in [-0.15, -0.1) is 0 Å². The number of nitrogens with one attached hydrogen (secondary N) is 1. The number of hydrazone groups is 1. The molecule has 0 atom stereocenters. The average molecular weight is 508 g/mol. The Labute approximate surface area is 211 Å². The molecule has 0 aromatic heterocycles. The first-order valence-electron chi connectivity index (χ1n) is 11.3. The largest absolute Gasteiger partial charge is 0.497 e. The van der Waals surface area contributed by atoms with Gasteiger partial charge >= 0.3 is 0 Å². The molecule has 8 nitrogen and oxygen atoms in total. The van der Waals surface area contributed by atoms with E-state index in [1.807, 2.05) is 30.3 Å². The zero-order chi connectivity index (χ0) is 25.8. The summed E-state index contributed by atoms with van der Waals surface area (Å²) in [7, 11) is -2.44.